The molecule has 0 unspecified atom stereocenters. The van der Waals surface area contributed by atoms with E-state index in [1.54, 1.807) is 0 Å². The lowest BCUT2D eigenvalue weighted by molar-refractivity contribution is -0.164. The molecule has 0 fully saturated rings. The highest BCUT2D eigenvalue weighted by atomic mass is 79.9. The highest BCUT2D eigenvalue weighted by Gasteiger charge is 2.40. The molecule has 0 saturated carbocycles. The Hall–Kier alpha value is -1.25. The van der Waals surface area contributed by atoms with Gasteiger partial charge < -0.3 is 11.5 Å². The second-order valence-electron chi connectivity index (χ2n) is 3.08. The molecule has 5 nitrogen and oxygen atoms in total. The minimum Gasteiger partial charge on any atom is -0.383 e. The Morgan fingerprint density at radius 3 is 2.38 bits per heavy atom. The predicted octanol–water partition coefficient (Wildman–Crippen LogP) is 1.45. The smallest absolute Gasteiger partial charge is 0.383 e. The predicted molar refractivity (Wildman–Crippen MR) is 53.6 cm³/mol. The first-order valence-corrected chi connectivity index (χ1v) is 4.85. The van der Waals surface area contributed by atoms with Crippen molar-refractivity contribution < 1.29 is 18.0 Å². The minimum atomic E-state index is -4.51. The summed E-state index contributed by atoms with van der Waals surface area (Å²) in [6.45, 7) is 0.876. The Kier molecular flexibility index (Phi) is 3.17. The molecule has 0 spiro atoms. The van der Waals surface area contributed by atoms with Crippen molar-refractivity contribution in [2.45, 2.75) is 19.1 Å². The van der Waals surface area contributed by atoms with E-state index in [1.165, 1.54) is 0 Å². The zero-order valence-corrected chi connectivity index (χ0v) is 9.63. The summed E-state index contributed by atoms with van der Waals surface area (Å²) in [5, 5.41) is 3.49. The molecule has 1 atom stereocenters. The van der Waals surface area contributed by atoms with Crippen LogP contribution in [0.25, 0.3) is 0 Å². The van der Waals surface area contributed by atoms with Gasteiger partial charge in [-0.05, 0) is 22.9 Å². The number of nitrogens with two attached hydrogens (primary N) is 2. The fourth-order valence-corrected chi connectivity index (χ4v) is 1.65. The first-order valence-electron chi connectivity index (χ1n) is 4.06. The van der Waals surface area contributed by atoms with Gasteiger partial charge in [0.05, 0.1) is 0 Å². The van der Waals surface area contributed by atoms with Crippen LogP contribution in [0.3, 0.4) is 0 Å². The van der Waals surface area contributed by atoms with Gasteiger partial charge in [0.2, 0.25) is 0 Å². The Morgan fingerprint density at radius 1 is 1.56 bits per heavy atom. The van der Waals surface area contributed by atoms with Gasteiger partial charge in [-0.15, -0.1) is 0 Å². The summed E-state index contributed by atoms with van der Waals surface area (Å²) in [6.07, 6.45) is -4.51. The molecule has 9 heteroatoms. The van der Waals surface area contributed by atoms with Crippen molar-refractivity contribution in [3.63, 3.8) is 0 Å². The largest absolute Gasteiger partial charge is 0.410 e. The molecule has 0 saturated heterocycles. The number of aromatic nitrogens is 2. The van der Waals surface area contributed by atoms with Crippen LogP contribution in [0, 0.1) is 0 Å². The highest BCUT2D eigenvalue weighted by molar-refractivity contribution is 9.10. The fraction of sp³-hybridized carbons (Fsp3) is 0.429. The molecule has 90 valence electrons. The molecule has 0 radical (unpaired) electrons. The summed E-state index contributed by atoms with van der Waals surface area (Å²) in [5.74, 6) is -1.35. The van der Waals surface area contributed by atoms with E-state index in [4.69, 9.17) is 11.5 Å². The SMILES string of the molecule is C[C@H](n1nc(Br)c(C(N)=O)c1N)C(F)(F)F. The number of primary amides is 1. The van der Waals surface area contributed by atoms with E-state index in [9.17, 15) is 18.0 Å². The Morgan fingerprint density at radius 2 is 2.06 bits per heavy atom. The first kappa shape index (κ1) is 12.8. The average Bonchev–Trinajstić information content (AvgIpc) is 2.38. The number of halogens is 4. The number of rotatable bonds is 2. The van der Waals surface area contributed by atoms with Gasteiger partial charge in [0.15, 0.2) is 0 Å². The number of hydrogen-bond acceptors (Lipinski definition) is 3. The van der Waals surface area contributed by atoms with E-state index in [0.717, 1.165) is 6.92 Å². The van der Waals surface area contributed by atoms with Crippen molar-refractivity contribution in [2.75, 3.05) is 5.73 Å². The van der Waals surface area contributed by atoms with Gasteiger partial charge in [0.25, 0.3) is 5.91 Å². The molecule has 1 aromatic heterocycles. The van der Waals surface area contributed by atoms with Crippen LogP contribution < -0.4 is 11.5 Å². The molecular formula is C7H8BrF3N4O. The normalized spacial score (nSPS) is 13.8. The minimum absolute atomic E-state index is 0.103. The lowest BCUT2D eigenvalue weighted by Gasteiger charge is -2.17. The van der Waals surface area contributed by atoms with Crippen LogP contribution in [0.2, 0.25) is 0 Å². The summed E-state index contributed by atoms with van der Waals surface area (Å²) >= 11 is 2.82. The van der Waals surface area contributed by atoms with Crippen LogP contribution in [0.4, 0.5) is 19.0 Å². The van der Waals surface area contributed by atoms with Gasteiger partial charge in [-0.1, -0.05) is 0 Å². The maximum Gasteiger partial charge on any atom is 0.410 e. The molecule has 1 rings (SSSR count). The van der Waals surface area contributed by atoms with E-state index in [-0.39, 0.29) is 10.2 Å². The molecule has 0 aliphatic rings. The monoisotopic (exact) mass is 300 g/mol. The topological polar surface area (TPSA) is 86.9 Å². The Labute approximate surface area is 96.7 Å². The lowest BCUT2D eigenvalue weighted by atomic mass is 10.3. The Bertz CT molecular complexity index is 428. The van der Waals surface area contributed by atoms with Gasteiger partial charge in [0, 0.05) is 0 Å². The summed E-state index contributed by atoms with van der Waals surface area (Å²) in [6, 6.07) is -1.93. The van der Waals surface area contributed by atoms with Crippen LogP contribution in [-0.2, 0) is 0 Å². The molecule has 4 N–H and O–H groups in total. The van der Waals surface area contributed by atoms with Gasteiger partial charge >= 0.3 is 6.18 Å². The third-order valence-corrected chi connectivity index (χ3v) is 2.55. The zero-order chi connectivity index (χ0) is 12.7. The highest BCUT2D eigenvalue weighted by Crippen LogP contribution is 2.33. The number of nitrogens with zero attached hydrogens (tertiary/aromatic N) is 2. The maximum atomic E-state index is 12.4. The second kappa shape index (κ2) is 3.96. The number of carbonyl (C=O) groups excluding carboxylic acids is 1. The molecule has 0 aliphatic heterocycles. The van der Waals surface area contributed by atoms with E-state index in [2.05, 4.69) is 21.0 Å². The quantitative estimate of drug-likeness (QED) is 0.866. The van der Waals surface area contributed by atoms with Crippen molar-refractivity contribution in [3.05, 3.63) is 10.2 Å². The molecule has 0 aromatic carbocycles. The van der Waals surface area contributed by atoms with Gasteiger partial charge in [0.1, 0.15) is 22.0 Å². The summed E-state index contributed by atoms with van der Waals surface area (Å²) in [5.41, 5.74) is 10.1. The van der Waals surface area contributed by atoms with Crippen LogP contribution >= 0.6 is 15.9 Å². The number of anilines is 1. The fourth-order valence-electron chi connectivity index (χ4n) is 1.08. The summed E-state index contributed by atoms with van der Waals surface area (Å²) in [4.78, 5) is 10.9. The molecule has 0 bridgehead atoms. The van der Waals surface area contributed by atoms with E-state index in [0.29, 0.717) is 4.68 Å². The molecule has 1 aromatic rings. The molecular weight excluding hydrogens is 293 g/mol. The van der Waals surface area contributed by atoms with Crippen LogP contribution in [-0.4, -0.2) is 21.9 Å². The lowest BCUT2D eigenvalue weighted by Crippen LogP contribution is -2.26. The molecule has 0 aliphatic carbocycles. The molecule has 1 amide bonds. The number of nitrogen functional groups attached to an aromatic ring is 1. The molecule has 16 heavy (non-hydrogen) atoms. The van der Waals surface area contributed by atoms with Crippen molar-refractivity contribution in [1.29, 1.82) is 0 Å². The van der Waals surface area contributed by atoms with Crippen LogP contribution in [0.15, 0.2) is 4.60 Å². The third-order valence-electron chi connectivity index (χ3n) is 1.99. The third kappa shape index (κ3) is 2.13. The van der Waals surface area contributed by atoms with Crippen molar-refractivity contribution in [2.24, 2.45) is 5.73 Å². The van der Waals surface area contributed by atoms with E-state index < -0.39 is 23.9 Å². The van der Waals surface area contributed by atoms with Gasteiger partial charge in [-0.2, -0.15) is 18.3 Å². The maximum absolute atomic E-state index is 12.4. The summed E-state index contributed by atoms with van der Waals surface area (Å²) in [7, 11) is 0. The van der Waals surface area contributed by atoms with Crippen molar-refractivity contribution in [3.8, 4) is 0 Å². The zero-order valence-electron chi connectivity index (χ0n) is 8.05. The Balaban J connectivity index is 3.28. The van der Waals surface area contributed by atoms with Gasteiger partial charge in [-0.25, -0.2) is 4.68 Å². The number of hydrogen-bond donors (Lipinski definition) is 2. The summed E-state index contributed by atoms with van der Waals surface area (Å²) < 4.78 is 37.6. The molecule has 1 heterocycles. The standard InChI is InChI=1S/C7H8BrF3N4O/c1-2(7(9,10)11)15-5(12)3(6(13)16)4(8)14-15/h2H,12H2,1H3,(H2,13,16)/t2-/m0/s1. The van der Waals surface area contributed by atoms with Crippen LogP contribution in [0.1, 0.15) is 23.3 Å². The number of amides is 1. The van der Waals surface area contributed by atoms with Crippen molar-refractivity contribution in [1.82, 2.24) is 9.78 Å². The van der Waals surface area contributed by atoms with Gasteiger partial charge in [-0.3, -0.25) is 4.79 Å². The number of alkyl halides is 3. The van der Waals surface area contributed by atoms with E-state index >= 15 is 0 Å². The second-order valence-corrected chi connectivity index (χ2v) is 3.83. The van der Waals surface area contributed by atoms with Crippen LogP contribution in [0.5, 0.6) is 0 Å². The van der Waals surface area contributed by atoms with Crippen molar-refractivity contribution >= 4 is 27.7 Å². The number of carbonyl (C=O) groups is 1. The average molecular weight is 301 g/mol. The first-order chi connectivity index (χ1) is 7.16. The van der Waals surface area contributed by atoms with E-state index in [1.807, 2.05) is 0 Å².